The molecule has 0 saturated heterocycles. The number of rotatable bonds is 5. The molecule has 90 valence electrons. The lowest BCUT2D eigenvalue weighted by atomic mass is 10.0. The summed E-state index contributed by atoms with van der Waals surface area (Å²) in [5.74, 6) is 0.766. The van der Waals surface area contributed by atoms with Crippen molar-refractivity contribution in [2.24, 2.45) is 5.73 Å². The smallest absolute Gasteiger partial charge is 0.140 e. The minimum atomic E-state index is 0.164. The van der Waals surface area contributed by atoms with Crippen molar-refractivity contribution in [2.75, 3.05) is 7.11 Å². The van der Waals surface area contributed by atoms with Crippen LogP contribution in [0, 0.1) is 0 Å². The highest BCUT2D eigenvalue weighted by Gasteiger charge is 2.12. The molecule has 1 unspecified atom stereocenters. The Morgan fingerprint density at radius 1 is 1.38 bits per heavy atom. The van der Waals surface area contributed by atoms with Gasteiger partial charge in [0.2, 0.25) is 0 Å². The number of aryl methyl sites for hydroxylation is 1. The lowest BCUT2D eigenvalue weighted by Crippen LogP contribution is -2.21. The van der Waals surface area contributed by atoms with Gasteiger partial charge < -0.3 is 10.5 Å². The molecule has 0 bridgehead atoms. The molecule has 2 N–H and O–H groups in total. The first-order valence-electron chi connectivity index (χ1n) is 5.73. The van der Waals surface area contributed by atoms with Crippen molar-refractivity contribution in [3.05, 3.63) is 28.3 Å². The van der Waals surface area contributed by atoms with Crippen molar-refractivity contribution < 1.29 is 4.74 Å². The molecule has 16 heavy (non-hydrogen) atoms. The van der Waals surface area contributed by atoms with E-state index in [1.807, 2.05) is 6.07 Å². The molecule has 1 atom stereocenters. The number of methoxy groups -OCH3 is 1. The highest BCUT2D eigenvalue weighted by molar-refractivity contribution is 6.32. The third-order valence-corrected chi connectivity index (χ3v) is 3.08. The van der Waals surface area contributed by atoms with Crippen LogP contribution in [0.1, 0.15) is 31.4 Å². The van der Waals surface area contributed by atoms with Gasteiger partial charge in [-0.15, -0.1) is 0 Å². The maximum atomic E-state index is 6.17. The third kappa shape index (κ3) is 3.13. The SMILES string of the molecule is CCc1cc(Cl)c(OC)c(CC(N)CC)c1. The van der Waals surface area contributed by atoms with E-state index < -0.39 is 0 Å². The van der Waals surface area contributed by atoms with Crippen LogP contribution >= 0.6 is 11.6 Å². The zero-order chi connectivity index (χ0) is 12.1. The van der Waals surface area contributed by atoms with Crippen molar-refractivity contribution in [2.45, 2.75) is 39.2 Å². The first-order chi connectivity index (χ1) is 7.62. The molecule has 0 aliphatic carbocycles. The summed E-state index contributed by atoms with van der Waals surface area (Å²) in [6, 6.07) is 4.26. The quantitative estimate of drug-likeness (QED) is 0.859. The van der Waals surface area contributed by atoms with Gasteiger partial charge in [0, 0.05) is 6.04 Å². The van der Waals surface area contributed by atoms with E-state index >= 15 is 0 Å². The first-order valence-corrected chi connectivity index (χ1v) is 6.11. The Hall–Kier alpha value is -0.730. The number of benzene rings is 1. The molecule has 0 heterocycles. The fraction of sp³-hybridized carbons (Fsp3) is 0.538. The Morgan fingerprint density at radius 3 is 2.56 bits per heavy atom. The summed E-state index contributed by atoms with van der Waals surface area (Å²) in [6.45, 7) is 4.20. The highest BCUT2D eigenvalue weighted by Crippen LogP contribution is 2.31. The Kier molecular flexibility index (Phi) is 5.10. The maximum Gasteiger partial charge on any atom is 0.140 e. The third-order valence-electron chi connectivity index (χ3n) is 2.80. The van der Waals surface area contributed by atoms with Gasteiger partial charge in [-0.1, -0.05) is 31.5 Å². The summed E-state index contributed by atoms with van der Waals surface area (Å²) >= 11 is 6.17. The van der Waals surface area contributed by atoms with Crippen LogP contribution in [0.3, 0.4) is 0 Å². The van der Waals surface area contributed by atoms with Gasteiger partial charge in [-0.05, 0) is 36.5 Å². The fourth-order valence-electron chi connectivity index (χ4n) is 1.72. The first kappa shape index (κ1) is 13.3. The van der Waals surface area contributed by atoms with Gasteiger partial charge in [0.15, 0.2) is 0 Å². The van der Waals surface area contributed by atoms with Gasteiger partial charge in [0.05, 0.1) is 12.1 Å². The van der Waals surface area contributed by atoms with Crippen molar-refractivity contribution in [3.63, 3.8) is 0 Å². The Bertz CT molecular complexity index is 352. The largest absolute Gasteiger partial charge is 0.495 e. The van der Waals surface area contributed by atoms with Crippen LogP contribution in [0.4, 0.5) is 0 Å². The average Bonchev–Trinajstić information content (AvgIpc) is 2.28. The normalized spacial score (nSPS) is 12.6. The maximum absolute atomic E-state index is 6.17. The summed E-state index contributed by atoms with van der Waals surface area (Å²) in [5, 5.41) is 0.681. The summed E-state index contributed by atoms with van der Waals surface area (Å²) in [7, 11) is 1.65. The molecule has 0 aromatic heterocycles. The molecule has 0 spiro atoms. The van der Waals surface area contributed by atoms with Gasteiger partial charge >= 0.3 is 0 Å². The number of nitrogens with two attached hydrogens (primary N) is 1. The van der Waals surface area contributed by atoms with Crippen LogP contribution in [-0.2, 0) is 12.8 Å². The van der Waals surface area contributed by atoms with Crippen LogP contribution in [-0.4, -0.2) is 13.2 Å². The second-order valence-corrected chi connectivity index (χ2v) is 4.40. The lowest BCUT2D eigenvalue weighted by Gasteiger charge is -2.15. The Morgan fingerprint density at radius 2 is 2.06 bits per heavy atom. The van der Waals surface area contributed by atoms with Gasteiger partial charge in [-0.2, -0.15) is 0 Å². The van der Waals surface area contributed by atoms with Crippen molar-refractivity contribution in [1.82, 2.24) is 0 Å². The van der Waals surface area contributed by atoms with E-state index in [0.29, 0.717) is 5.02 Å². The van der Waals surface area contributed by atoms with Crippen LogP contribution in [0.2, 0.25) is 5.02 Å². The topological polar surface area (TPSA) is 35.2 Å². The monoisotopic (exact) mass is 241 g/mol. The van der Waals surface area contributed by atoms with Gasteiger partial charge in [0.1, 0.15) is 5.75 Å². The molecule has 0 aliphatic heterocycles. The molecule has 1 rings (SSSR count). The van der Waals surface area contributed by atoms with Gasteiger partial charge in [0.25, 0.3) is 0 Å². The standard InChI is InChI=1S/C13H20ClNO/c1-4-9-6-10(8-11(15)5-2)13(16-3)12(14)7-9/h6-7,11H,4-5,8,15H2,1-3H3. The Labute approximate surface area is 103 Å². The summed E-state index contributed by atoms with van der Waals surface area (Å²) < 4.78 is 5.33. The minimum Gasteiger partial charge on any atom is -0.495 e. The fourth-order valence-corrected chi connectivity index (χ4v) is 2.06. The second-order valence-electron chi connectivity index (χ2n) is 4.00. The van der Waals surface area contributed by atoms with E-state index in [4.69, 9.17) is 22.1 Å². The van der Waals surface area contributed by atoms with Crippen LogP contribution in [0.15, 0.2) is 12.1 Å². The summed E-state index contributed by atoms with van der Waals surface area (Å²) in [5.41, 5.74) is 8.31. The van der Waals surface area contributed by atoms with Crippen LogP contribution in [0.5, 0.6) is 5.75 Å². The predicted molar refractivity (Wildman–Crippen MR) is 69.4 cm³/mol. The zero-order valence-electron chi connectivity index (χ0n) is 10.2. The molecular weight excluding hydrogens is 222 g/mol. The Balaban J connectivity index is 3.07. The summed E-state index contributed by atoms with van der Waals surface area (Å²) in [4.78, 5) is 0. The molecule has 0 fully saturated rings. The molecule has 1 aromatic rings. The van der Waals surface area contributed by atoms with Crippen molar-refractivity contribution in [1.29, 1.82) is 0 Å². The van der Waals surface area contributed by atoms with Crippen LogP contribution in [0.25, 0.3) is 0 Å². The number of hydrogen-bond donors (Lipinski definition) is 1. The van der Waals surface area contributed by atoms with Gasteiger partial charge in [-0.25, -0.2) is 0 Å². The summed E-state index contributed by atoms with van der Waals surface area (Å²) in [6.07, 6.45) is 2.74. The molecule has 2 nitrogen and oxygen atoms in total. The zero-order valence-corrected chi connectivity index (χ0v) is 11.0. The van der Waals surface area contributed by atoms with E-state index in [1.54, 1.807) is 7.11 Å². The second kappa shape index (κ2) is 6.12. The minimum absolute atomic E-state index is 0.164. The molecule has 0 saturated carbocycles. The number of ether oxygens (including phenoxy) is 1. The predicted octanol–water partition coefficient (Wildman–Crippen LogP) is 3.19. The molecule has 0 radical (unpaired) electrons. The van der Waals surface area contributed by atoms with E-state index in [2.05, 4.69) is 19.9 Å². The van der Waals surface area contributed by atoms with Crippen molar-refractivity contribution >= 4 is 11.6 Å². The number of hydrogen-bond acceptors (Lipinski definition) is 2. The lowest BCUT2D eigenvalue weighted by molar-refractivity contribution is 0.407. The van der Waals surface area contributed by atoms with E-state index in [0.717, 1.165) is 30.6 Å². The average molecular weight is 242 g/mol. The van der Waals surface area contributed by atoms with Crippen LogP contribution < -0.4 is 10.5 Å². The molecule has 0 amide bonds. The van der Waals surface area contributed by atoms with Crippen molar-refractivity contribution in [3.8, 4) is 5.75 Å². The van der Waals surface area contributed by atoms with E-state index in [1.165, 1.54) is 5.56 Å². The van der Waals surface area contributed by atoms with E-state index in [9.17, 15) is 0 Å². The highest BCUT2D eigenvalue weighted by atomic mass is 35.5. The van der Waals surface area contributed by atoms with E-state index in [-0.39, 0.29) is 6.04 Å². The molecule has 0 aliphatic rings. The van der Waals surface area contributed by atoms with Gasteiger partial charge in [-0.3, -0.25) is 0 Å². The molecule has 3 heteroatoms. The molecular formula is C13H20ClNO. The molecule has 1 aromatic carbocycles. The number of halogens is 1.